The Hall–Kier alpha value is -2.18. The second-order valence-electron chi connectivity index (χ2n) is 4.57. The molecule has 2 amide bonds. The fourth-order valence-corrected chi connectivity index (χ4v) is 3.00. The molecule has 0 saturated carbocycles. The third-order valence-electron chi connectivity index (χ3n) is 3.26. The Bertz CT molecular complexity index is 693. The van der Waals surface area contributed by atoms with E-state index >= 15 is 0 Å². The van der Waals surface area contributed by atoms with Gasteiger partial charge in [-0.1, -0.05) is 6.07 Å². The molecule has 0 unspecified atom stereocenters. The lowest BCUT2D eigenvalue weighted by molar-refractivity contribution is 0.100. The number of fused-ring (bicyclic) bond motifs is 1. The number of rotatable bonds is 3. The molecule has 0 spiro atoms. The molecule has 6 heteroatoms. The van der Waals surface area contributed by atoms with E-state index in [9.17, 15) is 9.59 Å². The van der Waals surface area contributed by atoms with Crippen LogP contribution in [0.3, 0.4) is 0 Å². The van der Waals surface area contributed by atoms with E-state index in [2.05, 4.69) is 10.6 Å². The van der Waals surface area contributed by atoms with Gasteiger partial charge in [0.25, 0.3) is 11.8 Å². The number of nitrogens with one attached hydrogen (secondary N) is 2. The minimum atomic E-state index is -0.542. The Morgan fingerprint density at radius 3 is 2.80 bits per heavy atom. The molecule has 2 aromatic rings. The minimum Gasteiger partial charge on any atom is -0.366 e. The summed E-state index contributed by atoms with van der Waals surface area (Å²) >= 11 is 1.28. The lowest BCUT2D eigenvalue weighted by Gasteiger charge is -2.06. The van der Waals surface area contributed by atoms with Crippen LogP contribution in [0.1, 0.15) is 31.8 Å². The zero-order chi connectivity index (χ0) is 14.1. The number of carbonyl (C=O) groups is 2. The van der Waals surface area contributed by atoms with Crippen LogP contribution in [-0.2, 0) is 13.1 Å². The molecule has 2 heterocycles. The van der Waals surface area contributed by atoms with Crippen LogP contribution < -0.4 is 16.4 Å². The average Bonchev–Trinajstić information content (AvgIpc) is 3.05. The van der Waals surface area contributed by atoms with Crippen molar-refractivity contribution in [3.63, 3.8) is 0 Å². The SMILES string of the molecule is NC(=O)c1ccsc1NC(=O)c1ccc2c(c1)CNC2. The Balaban J connectivity index is 1.83. The van der Waals surface area contributed by atoms with Crippen molar-refractivity contribution in [3.8, 4) is 0 Å². The van der Waals surface area contributed by atoms with E-state index in [4.69, 9.17) is 5.73 Å². The first-order chi connectivity index (χ1) is 9.65. The molecule has 0 bridgehead atoms. The number of nitrogens with two attached hydrogens (primary N) is 1. The molecule has 0 radical (unpaired) electrons. The van der Waals surface area contributed by atoms with Crippen LogP contribution in [-0.4, -0.2) is 11.8 Å². The maximum absolute atomic E-state index is 12.2. The van der Waals surface area contributed by atoms with Gasteiger partial charge in [0.05, 0.1) is 5.56 Å². The molecule has 4 N–H and O–H groups in total. The summed E-state index contributed by atoms with van der Waals surface area (Å²) in [7, 11) is 0. The van der Waals surface area contributed by atoms with Gasteiger partial charge in [0.15, 0.2) is 0 Å². The molecule has 0 fully saturated rings. The third-order valence-corrected chi connectivity index (χ3v) is 4.09. The highest BCUT2D eigenvalue weighted by molar-refractivity contribution is 7.14. The predicted molar refractivity (Wildman–Crippen MR) is 77.8 cm³/mol. The number of thiophene rings is 1. The minimum absolute atomic E-state index is 0.232. The molecule has 5 nitrogen and oxygen atoms in total. The van der Waals surface area contributed by atoms with Gasteiger partial charge in [-0.3, -0.25) is 9.59 Å². The summed E-state index contributed by atoms with van der Waals surface area (Å²) in [5, 5.41) is 8.18. The molecular formula is C14H13N3O2S. The molecule has 3 rings (SSSR count). The summed E-state index contributed by atoms with van der Waals surface area (Å²) in [5.74, 6) is -0.774. The van der Waals surface area contributed by atoms with Crippen molar-refractivity contribution in [2.75, 3.05) is 5.32 Å². The van der Waals surface area contributed by atoms with Crippen molar-refractivity contribution >= 4 is 28.2 Å². The molecule has 1 aromatic carbocycles. The van der Waals surface area contributed by atoms with E-state index in [1.807, 2.05) is 12.1 Å². The number of benzene rings is 1. The fourth-order valence-electron chi connectivity index (χ4n) is 2.21. The van der Waals surface area contributed by atoms with Crippen LogP contribution >= 0.6 is 11.3 Å². The van der Waals surface area contributed by atoms with E-state index < -0.39 is 5.91 Å². The highest BCUT2D eigenvalue weighted by Crippen LogP contribution is 2.24. The van der Waals surface area contributed by atoms with Gasteiger partial charge < -0.3 is 16.4 Å². The number of anilines is 1. The zero-order valence-corrected chi connectivity index (χ0v) is 11.4. The quantitative estimate of drug-likeness (QED) is 0.803. The smallest absolute Gasteiger partial charge is 0.256 e. The summed E-state index contributed by atoms with van der Waals surface area (Å²) in [6.07, 6.45) is 0. The average molecular weight is 287 g/mol. The Morgan fingerprint density at radius 1 is 1.20 bits per heavy atom. The van der Waals surface area contributed by atoms with Crippen molar-refractivity contribution in [2.45, 2.75) is 13.1 Å². The van der Waals surface area contributed by atoms with E-state index in [0.717, 1.165) is 18.7 Å². The number of primary amides is 1. The maximum Gasteiger partial charge on any atom is 0.256 e. The van der Waals surface area contributed by atoms with Crippen LogP contribution in [0, 0.1) is 0 Å². The van der Waals surface area contributed by atoms with Gasteiger partial charge in [0.1, 0.15) is 5.00 Å². The lowest BCUT2D eigenvalue weighted by Crippen LogP contribution is -2.16. The van der Waals surface area contributed by atoms with Gasteiger partial charge in [-0.25, -0.2) is 0 Å². The first-order valence-corrected chi connectivity index (χ1v) is 7.04. The van der Waals surface area contributed by atoms with Crippen LogP contribution in [0.5, 0.6) is 0 Å². The van der Waals surface area contributed by atoms with Gasteiger partial charge >= 0.3 is 0 Å². The summed E-state index contributed by atoms with van der Waals surface area (Å²) in [5.41, 5.74) is 8.53. The van der Waals surface area contributed by atoms with E-state index in [0.29, 0.717) is 16.1 Å². The molecule has 0 aliphatic carbocycles. The molecule has 20 heavy (non-hydrogen) atoms. The Kier molecular flexibility index (Phi) is 3.25. The van der Waals surface area contributed by atoms with Gasteiger partial charge in [0.2, 0.25) is 0 Å². The van der Waals surface area contributed by atoms with Gasteiger partial charge in [-0.2, -0.15) is 0 Å². The Labute approximate surface area is 119 Å². The monoisotopic (exact) mass is 287 g/mol. The molecule has 1 aliphatic rings. The van der Waals surface area contributed by atoms with Crippen LogP contribution in [0.2, 0.25) is 0 Å². The molecule has 1 aromatic heterocycles. The molecular weight excluding hydrogens is 274 g/mol. The number of amides is 2. The maximum atomic E-state index is 12.2. The van der Waals surface area contributed by atoms with E-state index in [1.54, 1.807) is 17.5 Å². The predicted octanol–water partition coefficient (Wildman–Crippen LogP) is 1.70. The topological polar surface area (TPSA) is 84.2 Å². The second kappa shape index (κ2) is 5.07. The zero-order valence-electron chi connectivity index (χ0n) is 10.6. The van der Waals surface area contributed by atoms with Crippen molar-refractivity contribution < 1.29 is 9.59 Å². The number of carbonyl (C=O) groups excluding carboxylic acids is 2. The fraction of sp³-hybridized carbons (Fsp3) is 0.143. The summed E-state index contributed by atoms with van der Waals surface area (Å²) in [6, 6.07) is 7.23. The van der Waals surface area contributed by atoms with Gasteiger partial charge in [0, 0.05) is 18.7 Å². The third kappa shape index (κ3) is 2.31. The van der Waals surface area contributed by atoms with Crippen molar-refractivity contribution in [1.82, 2.24) is 5.32 Å². The summed E-state index contributed by atoms with van der Waals surface area (Å²) in [6.45, 7) is 1.62. The molecule has 0 saturated heterocycles. The van der Waals surface area contributed by atoms with Gasteiger partial charge in [-0.05, 0) is 34.7 Å². The van der Waals surface area contributed by atoms with Crippen LogP contribution in [0.25, 0.3) is 0 Å². The first kappa shape index (κ1) is 12.8. The highest BCUT2D eigenvalue weighted by Gasteiger charge is 2.16. The van der Waals surface area contributed by atoms with E-state index in [1.165, 1.54) is 16.9 Å². The lowest BCUT2D eigenvalue weighted by atomic mass is 10.1. The van der Waals surface area contributed by atoms with Crippen LogP contribution in [0.15, 0.2) is 29.6 Å². The second-order valence-corrected chi connectivity index (χ2v) is 5.48. The Morgan fingerprint density at radius 2 is 2.00 bits per heavy atom. The number of hydrogen-bond donors (Lipinski definition) is 3. The summed E-state index contributed by atoms with van der Waals surface area (Å²) < 4.78 is 0. The molecule has 102 valence electrons. The van der Waals surface area contributed by atoms with Crippen molar-refractivity contribution in [3.05, 3.63) is 51.9 Å². The van der Waals surface area contributed by atoms with E-state index in [-0.39, 0.29) is 5.91 Å². The standard InChI is InChI=1S/C14H13N3O2S/c15-12(18)11-3-4-20-14(11)17-13(19)8-1-2-9-6-16-7-10(9)5-8/h1-5,16H,6-7H2,(H2,15,18)(H,17,19). The molecule has 1 aliphatic heterocycles. The van der Waals surface area contributed by atoms with Crippen molar-refractivity contribution in [1.29, 1.82) is 0 Å². The van der Waals surface area contributed by atoms with Crippen LogP contribution in [0.4, 0.5) is 5.00 Å². The highest BCUT2D eigenvalue weighted by atomic mass is 32.1. The summed E-state index contributed by atoms with van der Waals surface area (Å²) in [4.78, 5) is 23.4. The van der Waals surface area contributed by atoms with Gasteiger partial charge in [-0.15, -0.1) is 11.3 Å². The largest absolute Gasteiger partial charge is 0.366 e. The first-order valence-electron chi connectivity index (χ1n) is 6.16. The van der Waals surface area contributed by atoms with Crippen molar-refractivity contribution in [2.24, 2.45) is 5.73 Å². The molecule has 0 atom stereocenters. The number of hydrogen-bond acceptors (Lipinski definition) is 4. The normalized spacial score (nSPS) is 13.0.